The van der Waals surface area contributed by atoms with Crippen LogP contribution in [0.2, 0.25) is 0 Å². The summed E-state index contributed by atoms with van der Waals surface area (Å²) in [6.45, 7) is 4.23. The van der Waals surface area contributed by atoms with Crippen LogP contribution in [0.3, 0.4) is 0 Å². The van der Waals surface area contributed by atoms with Gasteiger partial charge < -0.3 is 10.3 Å². The molecule has 2 aromatic rings. The fourth-order valence-corrected chi connectivity index (χ4v) is 2.52. The molecule has 0 aliphatic rings. The van der Waals surface area contributed by atoms with E-state index in [1.165, 1.54) is 12.1 Å². The number of hydrogen-bond donors (Lipinski definition) is 1. The quantitative estimate of drug-likeness (QED) is 0.902. The Morgan fingerprint density at radius 2 is 2.10 bits per heavy atom. The smallest absolute Gasteiger partial charge is 0.228 e. The molecule has 0 saturated heterocycles. The minimum atomic E-state index is -0.350. The highest BCUT2D eigenvalue weighted by Crippen LogP contribution is 2.22. The van der Waals surface area contributed by atoms with Crippen molar-refractivity contribution in [1.82, 2.24) is 10.1 Å². The predicted octanol–water partition coefficient (Wildman–Crippen LogP) is 3.55. The van der Waals surface area contributed by atoms with Crippen molar-refractivity contribution in [3.8, 4) is 11.4 Å². The van der Waals surface area contributed by atoms with E-state index in [1.807, 2.05) is 0 Å². The molecule has 0 fully saturated rings. The van der Waals surface area contributed by atoms with Crippen molar-refractivity contribution in [3.63, 3.8) is 0 Å². The molecule has 0 aliphatic heterocycles. The van der Waals surface area contributed by atoms with E-state index < -0.39 is 0 Å². The number of nitrogens with two attached hydrogens (primary N) is 1. The Morgan fingerprint density at radius 3 is 2.75 bits per heavy atom. The molecule has 1 aromatic carbocycles. The topological polar surface area (TPSA) is 64.9 Å². The molecule has 4 nitrogen and oxygen atoms in total. The molecule has 108 valence electrons. The lowest BCUT2D eigenvalue weighted by Crippen LogP contribution is -2.24. The molecule has 6 heteroatoms. The molecule has 2 N–H and O–H groups in total. The van der Waals surface area contributed by atoms with Gasteiger partial charge in [-0.2, -0.15) is 4.98 Å². The van der Waals surface area contributed by atoms with Gasteiger partial charge in [0, 0.05) is 22.5 Å². The van der Waals surface area contributed by atoms with E-state index in [4.69, 9.17) is 10.3 Å². The van der Waals surface area contributed by atoms with E-state index in [0.717, 1.165) is 6.42 Å². The maximum Gasteiger partial charge on any atom is 0.228 e. The van der Waals surface area contributed by atoms with Crippen LogP contribution in [-0.2, 0) is 6.42 Å². The average molecular weight is 342 g/mol. The third-order valence-corrected chi connectivity index (χ3v) is 3.26. The zero-order valence-corrected chi connectivity index (χ0v) is 13.0. The molecule has 1 atom stereocenters. The van der Waals surface area contributed by atoms with Crippen LogP contribution in [0, 0.1) is 11.7 Å². The maximum absolute atomic E-state index is 13.3. The van der Waals surface area contributed by atoms with Crippen molar-refractivity contribution < 1.29 is 8.91 Å². The minimum Gasteiger partial charge on any atom is -0.339 e. The van der Waals surface area contributed by atoms with Gasteiger partial charge in [-0.05, 0) is 30.5 Å². The lowest BCUT2D eigenvalue weighted by Gasteiger charge is -2.10. The van der Waals surface area contributed by atoms with Crippen LogP contribution in [0.4, 0.5) is 4.39 Å². The van der Waals surface area contributed by atoms with E-state index in [1.54, 1.807) is 6.07 Å². The summed E-state index contributed by atoms with van der Waals surface area (Å²) >= 11 is 3.24. The van der Waals surface area contributed by atoms with Gasteiger partial charge in [-0.15, -0.1) is 0 Å². The molecule has 0 bridgehead atoms. The Balaban J connectivity index is 2.12. The Morgan fingerprint density at radius 1 is 1.35 bits per heavy atom. The first-order valence-corrected chi connectivity index (χ1v) is 7.28. The van der Waals surface area contributed by atoms with Crippen molar-refractivity contribution in [2.45, 2.75) is 32.7 Å². The van der Waals surface area contributed by atoms with Gasteiger partial charge in [-0.3, -0.25) is 0 Å². The first kappa shape index (κ1) is 15.1. The van der Waals surface area contributed by atoms with Crippen LogP contribution >= 0.6 is 15.9 Å². The lowest BCUT2D eigenvalue weighted by molar-refractivity contribution is 0.359. The summed E-state index contributed by atoms with van der Waals surface area (Å²) in [5.41, 5.74) is 6.58. The third-order valence-electron chi connectivity index (χ3n) is 2.80. The summed E-state index contributed by atoms with van der Waals surface area (Å²) in [5.74, 6) is 1.02. The van der Waals surface area contributed by atoms with Crippen molar-refractivity contribution in [2.75, 3.05) is 0 Å². The highest BCUT2D eigenvalue weighted by molar-refractivity contribution is 9.10. The molecule has 0 amide bonds. The normalized spacial score (nSPS) is 12.9. The second-order valence-corrected chi connectivity index (χ2v) is 6.18. The van der Waals surface area contributed by atoms with Gasteiger partial charge in [-0.25, -0.2) is 4.39 Å². The third kappa shape index (κ3) is 4.11. The molecular weight excluding hydrogens is 325 g/mol. The van der Waals surface area contributed by atoms with Gasteiger partial charge >= 0.3 is 0 Å². The number of rotatable bonds is 5. The molecule has 1 aromatic heterocycles. The SMILES string of the molecule is CC(C)CC(N)Cc1nc(-c2cc(F)cc(Br)c2)no1. The summed E-state index contributed by atoms with van der Waals surface area (Å²) in [6.07, 6.45) is 1.42. The highest BCUT2D eigenvalue weighted by atomic mass is 79.9. The van der Waals surface area contributed by atoms with Gasteiger partial charge in [-0.1, -0.05) is 34.9 Å². The number of nitrogens with zero attached hydrogens (tertiary/aromatic N) is 2. The zero-order valence-electron chi connectivity index (χ0n) is 11.4. The standard InChI is InChI=1S/C14H17BrFN3O/c1-8(2)3-12(17)7-13-18-14(19-20-13)9-4-10(15)6-11(16)5-9/h4-6,8,12H,3,7,17H2,1-2H3. The Bertz CT molecular complexity index is 565. The first-order valence-electron chi connectivity index (χ1n) is 6.48. The molecule has 2 rings (SSSR count). The van der Waals surface area contributed by atoms with Crippen molar-refractivity contribution in [2.24, 2.45) is 11.7 Å². The summed E-state index contributed by atoms with van der Waals surface area (Å²) in [5, 5.41) is 3.87. The minimum absolute atomic E-state index is 0.0115. The van der Waals surface area contributed by atoms with E-state index in [-0.39, 0.29) is 11.9 Å². The largest absolute Gasteiger partial charge is 0.339 e. The van der Waals surface area contributed by atoms with E-state index >= 15 is 0 Å². The fraction of sp³-hybridized carbons (Fsp3) is 0.429. The Kier molecular flexibility index (Phi) is 4.88. The van der Waals surface area contributed by atoms with Crippen molar-refractivity contribution in [3.05, 3.63) is 34.4 Å². The summed E-state index contributed by atoms with van der Waals surface area (Å²) in [6, 6.07) is 4.48. The average Bonchev–Trinajstić information content (AvgIpc) is 2.74. The van der Waals surface area contributed by atoms with Crippen LogP contribution in [0.1, 0.15) is 26.2 Å². The monoisotopic (exact) mass is 341 g/mol. The first-order chi connectivity index (χ1) is 9.44. The fourth-order valence-electron chi connectivity index (χ4n) is 2.05. The van der Waals surface area contributed by atoms with Gasteiger partial charge in [0.15, 0.2) is 0 Å². The highest BCUT2D eigenvalue weighted by Gasteiger charge is 2.14. The molecule has 0 spiro atoms. The lowest BCUT2D eigenvalue weighted by atomic mass is 10.0. The van der Waals surface area contributed by atoms with E-state index in [2.05, 4.69) is 39.9 Å². The summed E-state index contributed by atoms with van der Waals surface area (Å²) < 4.78 is 19.1. The number of hydrogen-bond acceptors (Lipinski definition) is 4. The van der Waals surface area contributed by atoms with Crippen LogP contribution < -0.4 is 5.73 Å². The second-order valence-electron chi connectivity index (χ2n) is 5.26. The summed E-state index contributed by atoms with van der Waals surface area (Å²) in [4.78, 5) is 4.26. The van der Waals surface area contributed by atoms with Crippen molar-refractivity contribution in [1.29, 1.82) is 0 Å². The second kappa shape index (κ2) is 6.45. The van der Waals surface area contributed by atoms with Crippen LogP contribution in [0.15, 0.2) is 27.2 Å². The molecule has 20 heavy (non-hydrogen) atoms. The number of halogens is 2. The zero-order chi connectivity index (χ0) is 14.7. The predicted molar refractivity (Wildman–Crippen MR) is 78.5 cm³/mol. The molecule has 0 aliphatic carbocycles. The van der Waals surface area contributed by atoms with Crippen LogP contribution in [0.25, 0.3) is 11.4 Å². The van der Waals surface area contributed by atoms with Gasteiger partial charge in [0.2, 0.25) is 11.7 Å². The maximum atomic E-state index is 13.3. The Labute approximate surface area is 125 Å². The van der Waals surface area contributed by atoms with Crippen LogP contribution in [0.5, 0.6) is 0 Å². The van der Waals surface area contributed by atoms with Gasteiger partial charge in [0.25, 0.3) is 0 Å². The van der Waals surface area contributed by atoms with Crippen molar-refractivity contribution >= 4 is 15.9 Å². The summed E-state index contributed by atoms with van der Waals surface area (Å²) in [7, 11) is 0. The molecule has 1 unspecified atom stereocenters. The molecule has 0 radical (unpaired) electrons. The van der Waals surface area contributed by atoms with Gasteiger partial charge in [0.1, 0.15) is 5.82 Å². The molecular formula is C14H17BrFN3O. The Hall–Kier alpha value is -1.27. The number of aromatic nitrogens is 2. The van der Waals surface area contributed by atoms with E-state index in [0.29, 0.717) is 34.1 Å². The number of benzene rings is 1. The van der Waals surface area contributed by atoms with Gasteiger partial charge in [0.05, 0.1) is 0 Å². The van der Waals surface area contributed by atoms with E-state index in [9.17, 15) is 4.39 Å². The molecule has 0 saturated carbocycles. The molecule has 1 heterocycles. The van der Waals surface area contributed by atoms with Crippen LogP contribution in [-0.4, -0.2) is 16.2 Å².